The van der Waals surface area contributed by atoms with Gasteiger partial charge in [0.25, 0.3) is 5.91 Å². The van der Waals surface area contributed by atoms with Gasteiger partial charge in [-0.2, -0.15) is 0 Å². The number of hydrogen-bond acceptors (Lipinski definition) is 4. The van der Waals surface area contributed by atoms with E-state index in [2.05, 4.69) is 15.6 Å². The molecule has 6 heteroatoms. The molecule has 0 aliphatic rings. The lowest BCUT2D eigenvalue weighted by Crippen LogP contribution is -2.18. The summed E-state index contributed by atoms with van der Waals surface area (Å²) < 4.78 is 1.83. The number of anilines is 1. The minimum Gasteiger partial charge on any atom is -0.507 e. The summed E-state index contributed by atoms with van der Waals surface area (Å²) >= 11 is 0. The zero-order valence-electron chi connectivity index (χ0n) is 14.4. The zero-order valence-corrected chi connectivity index (χ0v) is 14.4. The number of amides is 1. The molecule has 1 aromatic heterocycles. The molecule has 1 amide bonds. The SMILES string of the molecule is CNC(=O)c1ccc(NC)c(-n2cnc(-c3ccc(C)cc3O)c2)c1. The lowest BCUT2D eigenvalue weighted by Gasteiger charge is -2.11. The highest BCUT2D eigenvalue weighted by Crippen LogP contribution is 2.30. The molecule has 0 saturated heterocycles. The van der Waals surface area contributed by atoms with E-state index in [0.717, 1.165) is 16.9 Å². The van der Waals surface area contributed by atoms with Crippen molar-refractivity contribution >= 4 is 11.6 Å². The number of phenolic OH excluding ortho intramolecular Hbond substituents is 1. The van der Waals surface area contributed by atoms with Crippen molar-refractivity contribution in [1.82, 2.24) is 14.9 Å². The standard InChI is InChI=1S/C19H20N4O2/c1-12-4-6-14(18(24)8-12)16-10-23(11-22-16)17-9-13(19(25)21-3)5-7-15(17)20-2/h4-11,20,24H,1-3H3,(H,21,25). The summed E-state index contributed by atoms with van der Waals surface area (Å²) in [5, 5.41) is 15.9. The average Bonchev–Trinajstić information content (AvgIpc) is 3.10. The second-order valence-corrected chi connectivity index (χ2v) is 5.75. The molecule has 2 aromatic carbocycles. The highest BCUT2D eigenvalue weighted by molar-refractivity contribution is 5.95. The Morgan fingerprint density at radius 1 is 1.16 bits per heavy atom. The third-order valence-electron chi connectivity index (χ3n) is 4.05. The number of hydrogen-bond donors (Lipinski definition) is 3. The van der Waals surface area contributed by atoms with Crippen LogP contribution in [0.2, 0.25) is 0 Å². The number of aromatic hydroxyl groups is 1. The molecule has 0 fully saturated rings. The highest BCUT2D eigenvalue weighted by Gasteiger charge is 2.12. The van der Waals surface area contributed by atoms with Gasteiger partial charge in [-0.25, -0.2) is 4.98 Å². The van der Waals surface area contributed by atoms with E-state index >= 15 is 0 Å². The molecule has 0 radical (unpaired) electrons. The van der Waals surface area contributed by atoms with E-state index in [4.69, 9.17) is 0 Å². The molecule has 0 aliphatic heterocycles. The van der Waals surface area contributed by atoms with Crippen LogP contribution in [0.15, 0.2) is 48.9 Å². The fraction of sp³-hybridized carbons (Fsp3) is 0.158. The summed E-state index contributed by atoms with van der Waals surface area (Å²) in [6, 6.07) is 10.9. The fourth-order valence-corrected chi connectivity index (χ4v) is 2.69. The number of benzene rings is 2. The Morgan fingerprint density at radius 3 is 2.64 bits per heavy atom. The van der Waals surface area contributed by atoms with Gasteiger partial charge in [-0.05, 0) is 42.8 Å². The number of nitrogens with one attached hydrogen (secondary N) is 2. The van der Waals surface area contributed by atoms with Crippen molar-refractivity contribution in [2.75, 3.05) is 19.4 Å². The van der Waals surface area contributed by atoms with Crippen molar-refractivity contribution in [3.05, 3.63) is 60.0 Å². The third kappa shape index (κ3) is 3.19. The van der Waals surface area contributed by atoms with E-state index < -0.39 is 0 Å². The summed E-state index contributed by atoms with van der Waals surface area (Å²) in [4.78, 5) is 16.3. The van der Waals surface area contributed by atoms with Crippen LogP contribution >= 0.6 is 0 Å². The maximum absolute atomic E-state index is 11.9. The summed E-state index contributed by atoms with van der Waals surface area (Å²) in [6.45, 7) is 1.92. The van der Waals surface area contributed by atoms with Crippen LogP contribution < -0.4 is 10.6 Å². The molecule has 0 bridgehead atoms. The summed E-state index contributed by atoms with van der Waals surface area (Å²) in [5.41, 5.74) is 4.53. The Hall–Kier alpha value is -3.28. The number of aryl methyl sites for hydroxylation is 1. The molecule has 0 unspecified atom stereocenters. The maximum atomic E-state index is 11.9. The second kappa shape index (κ2) is 6.68. The molecule has 128 valence electrons. The van der Waals surface area contributed by atoms with Crippen LogP contribution in [0.4, 0.5) is 5.69 Å². The molecule has 1 heterocycles. The Kier molecular flexibility index (Phi) is 4.43. The summed E-state index contributed by atoms with van der Waals surface area (Å²) in [6.07, 6.45) is 3.49. The first-order valence-corrected chi connectivity index (χ1v) is 7.91. The minimum absolute atomic E-state index is 0.152. The van der Waals surface area contributed by atoms with Gasteiger partial charge in [-0.3, -0.25) is 4.79 Å². The van der Waals surface area contributed by atoms with E-state index in [1.54, 1.807) is 31.6 Å². The van der Waals surface area contributed by atoms with Crippen molar-refractivity contribution in [2.24, 2.45) is 0 Å². The number of aromatic nitrogens is 2. The first-order chi connectivity index (χ1) is 12.0. The summed E-state index contributed by atoms with van der Waals surface area (Å²) in [5.74, 6) is 0.0404. The number of carbonyl (C=O) groups excluding carboxylic acids is 1. The lowest BCUT2D eigenvalue weighted by molar-refractivity contribution is 0.0963. The van der Waals surface area contributed by atoms with Gasteiger partial charge in [-0.1, -0.05) is 6.07 Å². The molecule has 3 aromatic rings. The predicted octanol–water partition coefficient (Wildman–Crippen LogP) is 2.95. The Bertz CT molecular complexity index is 931. The van der Waals surface area contributed by atoms with Gasteiger partial charge in [0, 0.05) is 31.4 Å². The lowest BCUT2D eigenvalue weighted by atomic mass is 10.1. The van der Waals surface area contributed by atoms with Crippen LogP contribution in [0.3, 0.4) is 0 Å². The molecule has 6 nitrogen and oxygen atoms in total. The smallest absolute Gasteiger partial charge is 0.251 e. The van der Waals surface area contributed by atoms with E-state index in [9.17, 15) is 9.90 Å². The van der Waals surface area contributed by atoms with Gasteiger partial charge in [0.1, 0.15) is 5.75 Å². The van der Waals surface area contributed by atoms with Gasteiger partial charge < -0.3 is 20.3 Å². The van der Waals surface area contributed by atoms with Gasteiger partial charge in [0.15, 0.2) is 0 Å². The Labute approximate surface area is 146 Å². The van der Waals surface area contributed by atoms with Gasteiger partial charge >= 0.3 is 0 Å². The van der Waals surface area contributed by atoms with Crippen molar-refractivity contribution in [3.63, 3.8) is 0 Å². The van der Waals surface area contributed by atoms with Crippen LogP contribution in [0, 0.1) is 6.92 Å². The molecule has 25 heavy (non-hydrogen) atoms. The molecular formula is C19H20N4O2. The van der Waals surface area contributed by atoms with E-state index in [1.165, 1.54) is 0 Å². The molecular weight excluding hydrogens is 316 g/mol. The van der Waals surface area contributed by atoms with Crippen molar-refractivity contribution in [3.8, 4) is 22.7 Å². The van der Waals surface area contributed by atoms with E-state index in [0.29, 0.717) is 16.8 Å². The van der Waals surface area contributed by atoms with Crippen LogP contribution in [0.1, 0.15) is 15.9 Å². The van der Waals surface area contributed by atoms with Gasteiger partial charge in [-0.15, -0.1) is 0 Å². The average molecular weight is 336 g/mol. The monoisotopic (exact) mass is 336 g/mol. The fourth-order valence-electron chi connectivity index (χ4n) is 2.69. The first kappa shape index (κ1) is 16.6. The Morgan fingerprint density at radius 2 is 1.96 bits per heavy atom. The summed E-state index contributed by atoms with van der Waals surface area (Å²) in [7, 11) is 3.42. The molecule has 0 spiro atoms. The molecule has 0 saturated carbocycles. The van der Waals surface area contributed by atoms with Crippen LogP contribution in [0.25, 0.3) is 16.9 Å². The number of rotatable bonds is 4. The molecule has 0 aliphatic carbocycles. The topological polar surface area (TPSA) is 79.2 Å². The first-order valence-electron chi connectivity index (χ1n) is 7.91. The number of imidazole rings is 1. The Balaban J connectivity index is 2.06. The molecule has 3 rings (SSSR count). The normalized spacial score (nSPS) is 10.5. The van der Waals surface area contributed by atoms with Crippen LogP contribution in [-0.2, 0) is 0 Å². The zero-order chi connectivity index (χ0) is 18.0. The van der Waals surface area contributed by atoms with E-state index in [-0.39, 0.29) is 11.7 Å². The van der Waals surface area contributed by atoms with Crippen LogP contribution in [0.5, 0.6) is 5.75 Å². The highest BCUT2D eigenvalue weighted by atomic mass is 16.3. The van der Waals surface area contributed by atoms with Gasteiger partial charge in [0.05, 0.1) is 23.4 Å². The minimum atomic E-state index is -0.152. The molecule has 3 N–H and O–H groups in total. The number of phenols is 1. The quantitative estimate of drug-likeness (QED) is 0.684. The van der Waals surface area contributed by atoms with Gasteiger partial charge in [0.2, 0.25) is 0 Å². The van der Waals surface area contributed by atoms with Crippen molar-refractivity contribution in [2.45, 2.75) is 6.92 Å². The third-order valence-corrected chi connectivity index (χ3v) is 4.05. The number of nitrogens with zero attached hydrogens (tertiary/aromatic N) is 2. The van der Waals surface area contributed by atoms with E-state index in [1.807, 2.05) is 42.9 Å². The van der Waals surface area contributed by atoms with Crippen LogP contribution in [-0.4, -0.2) is 34.7 Å². The largest absolute Gasteiger partial charge is 0.507 e. The second-order valence-electron chi connectivity index (χ2n) is 5.75. The maximum Gasteiger partial charge on any atom is 0.251 e. The predicted molar refractivity (Wildman–Crippen MR) is 98.3 cm³/mol. The van der Waals surface area contributed by atoms with Crippen molar-refractivity contribution < 1.29 is 9.90 Å². The molecule has 0 atom stereocenters. The number of carbonyl (C=O) groups is 1. The van der Waals surface area contributed by atoms with Crippen molar-refractivity contribution in [1.29, 1.82) is 0 Å².